The van der Waals surface area contributed by atoms with Crippen molar-refractivity contribution in [2.45, 2.75) is 45.2 Å². The molecule has 2 saturated heterocycles. The molecule has 0 radical (unpaired) electrons. The van der Waals surface area contributed by atoms with Gasteiger partial charge in [0.05, 0.1) is 12.1 Å². The number of likely N-dealkylation sites (tertiary alicyclic amines) is 1. The summed E-state index contributed by atoms with van der Waals surface area (Å²) in [7, 11) is 0. The van der Waals surface area contributed by atoms with Gasteiger partial charge in [-0.3, -0.25) is 9.69 Å². The van der Waals surface area contributed by atoms with Crippen LogP contribution in [0.3, 0.4) is 0 Å². The van der Waals surface area contributed by atoms with Crippen LogP contribution >= 0.6 is 0 Å². The molecule has 142 valence electrons. The number of amides is 2. The fraction of sp³-hybridized carbons (Fsp3) is 0.688. The summed E-state index contributed by atoms with van der Waals surface area (Å²) in [6.45, 7) is 5.61. The first kappa shape index (κ1) is 18.2. The van der Waals surface area contributed by atoms with Crippen molar-refractivity contribution in [3.8, 4) is 0 Å². The Labute approximate surface area is 150 Å². The highest BCUT2D eigenvalue weighted by molar-refractivity contribution is 5.92. The molecular formula is C16H23N5O5. The molecule has 1 N–H and O–H groups in total. The van der Waals surface area contributed by atoms with Crippen molar-refractivity contribution in [2.24, 2.45) is 5.92 Å². The second-order valence-corrected chi connectivity index (χ2v) is 7.19. The van der Waals surface area contributed by atoms with Gasteiger partial charge in [0.2, 0.25) is 0 Å². The molecule has 1 aromatic heterocycles. The molecule has 10 nitrogen and oxygen atoms in total. The number of piperidine rings is 1. The first-order valence-electron chi connectivity index (χ1n) is 8.81. The first-order chi connectivity index (χ1) is 12.4. The quantitative estimate of drug-likeness (QED) is 0.627. The minimum absolute atomic E-state index is 0.0356. The van der Waals surface area contributed by atoms with Crippen LogP contribution in [0.1, 0.15) is 43.6 Å². The molecule has 10 heteroatoms. The Balaban J connectivity index is 1.60. The van der Waals surface area contributed by atoms with Crippen molar-refractivity contribution in [3.63, 3.8) is 0 Å². The van der Waals surface area contributed by atoms with Gasteiger partial charge in [0.1, 0.15) is 6.61 Å². The van der Waals surface area contributed by atoms with E-state index in [0.29, 0.717) is 38.5 Å². The SMILES string of the molecule is CC(C)C[C@@H]1COC(=O)N1C1CCN(C(=O)c2cc([N+](=O)[O-])[nH]n2)CC1. The summed E-state index contributed by atoms with van der Waals surface area (Å²) >= 11 is 0. The van der Waals surface area contributed by atoms with Crippen LogP contribution in [0, 0.1) is 16.0 Å². The topological polar surface area (TPSA) is 122 Å². The maximum absolute atomic E-state index is 12.5. The average Bonchev–Trinajstić information content (AvgIpc) is 3.22. The lowest BCUT2D eigenvalue weighted by Crippen LogP contribution is -2.50. The molecule has 2 aliphatic heterocycles. The Morgan fingerprint density at radius 3 is 2.73 bits per heavy atom. The van der Waals surface area contributed by atoms with Crippen molar-refractivity contribution in [3.05, 3.63) is 21.9 Å². The third-order valence-corrected chi connectivity index (χ3v) is 4.87. The van der Waals surface area contributed by atoms with E-state index in [1.165, 1.54) is 0 Å². The van der Waals surface area contributed by atoms with Gasteiger partial charge in [0.25, 0.3) is 5.91 Å². The van der Waals surface area contributed by atoms with E-state index in [0.717, 1.165) is 12.5 Å². The van der Waals surface area contributed by atoms with E-state index < -0.39 is 4.92 Å². The number of cyclic esters (lactones) is 1. The number of hydrogen-bond donors (Lipinski definition) is 1. The lowest BCUT2D eigenvalue weighted by Gasteiger charge is -2.37. The van der Waals surface area contributed by atoms with Gasteiger partial charge in [0.15, 0.2) is 5.69 Å². The third-order valence-electron chi connectivity index (χ3n) is 4.87. The molecule has 2 aliphatic rings. The number of H-pyrrole nitrogens is 1. The summed E-state index contributed by atoms with van der Waals surface area (Å²) in [5, 5.41) is 16.7. The molecule has 0 aromatic carbocycles. The second-order valence-electron chi connectivity index (χ2n) is 7.19. The average molecular weight is 365 g/mol. The predicted octanol–water partition coefficient (Wildman–Crippen LogP) is 1.79. The van der Waals surface area contributed by atoms with Gasteiger partial charge in [-0.05, 0) is 30.1 Å². The van der Waals surface area contributed by atoms with E-state index in [2.05, 4.69) is 24.0 Å². The fourth-order valence-electron chi connectivity index (χ4n) is 3.67. The molecule has 0 bridgehead atoms. The number of carbonyl (C=O) groups is 2. The Morgan fingerprint density at radius 2 is 2.15 bits per heavy atom. The monoisotopic (exact) mass is 365 g/mol. The van der Waals surface area contributed by atoms with Crippen LogP contribution in [0.5, 0.6) is 0 Å². The number of carbonyl (C=O) groups excluding carboxylic acids is 2. The molecule has 0 spiro atoms. The molecule has 2 fully saturated rings. The van der Waals surface area contributed by atoms with Crippen molar-refractivity contribution in [2.75, 3.05) is 19.7 Å². The maximum atomic E-state index is 12.5. The summed E-state index contributed by atoms with van der Waals surface area (Å²) in [5.74, 6) is -0.177. The Kier molecular flexibility index (Phi) is 5.10. The maximum Gasteiger partial charge on any atom is 0.410 e. The van der Waals surface area contributed by atoms with E-state index >= 15 is 0 Å². The third kappa shape index (κ3) is 3.63. The normalized spacial score (nSPS) is 21.3. The number of rotatable bonds is 5. The summed E-state index contributed by atoms with van der Waals surface area (Å²) in [6.07, 6.45) is 1.93. The highest BCUT2D eigenvalue weighted by Crippen LogP contribution is 2.27. The number of nitro groups is 1. The second kappa shape index (κ2) is 7.30. The highest BCUT2D eigenvalue weighted by Gasteiger charge is 2.40. The number of nitrogens with one attached hydrogen (secondary N) is 1. The van der Waals surface area contributed by atoms with E-state index in [4.69, 9.17) is 4.74 Å². The Morgan fingerprint density at radius 1 is 1.46 bits per heavy atom. The van der Waals surface area contributed by atoms with Gasteiger partial charge in [-0.2, -0.15) is 0 Å². The molecule has 3 rings (SSSR count). The van der Waals surface area contributed by atoms with Gasteiger partial charge < -0.3 is 19.8 Å². The molecule has 0 saturated carbocycles. The molecular weight excluding hydrogens is 342 g/mol. The lowest BCUT2D eigenvalue weighted by molar-refractivity contribution is -0.389. The zero-order chi connectivity index (χ0) is 18.8. The van der Waals surface area contributed by atoms with Gasteiger partial charge in [-0.1, -0.05) is 18.9 Å². The zero-order valence-corrected chi connectivity index (χ0v) is 14.9. The fourth-order valence-corrected chi connectivity index (χ4v) is 3.67. The number of aromatic amines is 1. The smallest absolute Gasteiger partial charge is 0.410 e. The van der Waals surface area contributed by atoms with Crippen LogP contribution in [-0.2, 0) is 4.74 Å². The summed E-state index contributed by atoms with van der Waals surface area (Å²) in [4.78, 5) is 38.1. The van der Waals surface area contributed by atoms with Gasteiger partial charge >= 0.3 is 11.9 Å². The molecule has 2 amide bonds. The van der Waals surface area contributed by atoms with E-state index in [1.54, 1.807) is 4.90 Å². The standard InChI is InChI=1S/C16H23N5O5/c1-10(2)7-12-9-26-16(23)20(12)11-3-5-19(6-4-11)15(22)13-8-14(18-17-13)21(24)25/h8,10-12H,3-7,9H2,1-2H3,(H,17,18)/t12-/m1/s1. The van der Waals surface area contributed by atoms with Crippen molar-refractivity contribution >= 4 is 17.8 Å². The summed E-state index contributed by atoms with van der Waals surface area (Å²) in [6, 6.07) is 1.28. The van der Waals surface area contributed by atoms with Gasteiger partial charge in [-0.15, -0.1) is 5.10 Å². The van der Waals surface area contributed by atoms with E-state index in [-0.39, 0.29) is 35.6 Å². The predicted molar refractivity (Wildman–Crippen MR) is 90.6 cm³/mol. The summed E-state index contributed by atoms with van der Waals surface area (Å²) in [5.41, 5.74) is 0.0356. The van der Waals surface area contributed by atoms with Crippen LogP contribution in [-0.4, -0.2) is 68.7 Å². The molecule has 1 aromatic rings. The van der Waals surface area contributed by atoms with Gasteiger partial charge in [-0.25, -0.2) is 4.79 Å². The first-order valence-corrected chi connectivity index (χ1v) is 8.81. The number of hydrogen-bond acceptors (Lipinski definition) is 6. The Hall–Kier alpha value is -2.65. The number of aromatic nitrogens is 2. The van der Waals surface area contributed by atoms with Crippen molar-refractivity contribution in [1.29, 1.82) is 0 Å². The van der Waals surface area contributed by atoms with E-state index in [9.17, 15) is 19.7 Å². The molecule has 3 heterocycles. The molecule has 26 heavy (non-hydrogen) atoms. The highest BCUT2D eigenvalue weighted by atomic mass is 16.6. The Bertz CT molecular complexity index is 695. The molecule has 0 aliphatic carbocycles. The van der Waals surface area contributed by atoms with Crippen LogP contribution in [0.4, 0.5) is 10.6 Å². The number of nitrogens with zero attached hydrogens (tertiary/aromatic N) is 4. The largest absolute Gasteiger partial charge is 0.447 e. The van der Waals surface area contributed by atoms with Crippen LogP contribution in [0.2, 0.25) is 0 Å². The van der Waals surface area contributed by atoms with Crippen molar-refractivity contribution < 1.29 is 19.2 Å². The van der Waals surface area contributed by atoms with Crippen LogP contribution in [0.15, 0.2) is 6.07 Å². The van der Waals surface area contributed by atoms with Crippen LogP contribution in [0.25, 0.3) is 0 Å². The van der Waals surface area contributed by atoms with E-state index in [1.807, 2.05) is 4.90 Å². The van der Waals surface area contributed by atoms with Gasteiger partial charge in [0, 0.05) is 19.1 Å². The summed E-state index contributed by atoms with van der Waals surface area (Å²) < 4.78 is 5.23. The van der Waals surface area contributed by atoms with Crippen molar-refractivity contribution in [1.82, 2.24) is 20.0 Å². The zero-order valence-electron chi connectivity index (χ0n) is 14.9. The molecule has 1 atom stereocenters. The minimum Gasteiger partial charge on any atom is -0.447 e. The number of ether oxygens (including phenoxy) is 1. The lowest BCUT2D eigenvalue weighted by atomic mass is 9.98. The van der Waals surface area contributed by atoms with Crippen LogP contribution < -0.4 is 0 Å². The molecule has 0 unspecified atom stereocenters. The minimum atomic E-state index is -0.621.